The van der Waals surface area contributed by atoms with Crippen LogP contribution >= 0.6 is 11.3 Å². The van der Waals surface area contributed by atoms with Crippen molar-refractivity contribution in [2.45, 2.75) is 19.8 Å². The Morgan fingerprint density at radius 2 is 1.64 bits per heavy atom. The van der Waals surface area contributed by atoms with Crippen molar-refractivity contribution in [1.82, 2.24) is 10.3 Å². The lowest BCUT2D eigenvalue weighted by atomic mass is 10.1. The number of ketones is 1. The molecular weight excluding hydrogens is 434 g/mol. The number of aromatic nitrogens is 1. The van der Waals surface area contributed by atoms with Gasteiger partial charge in [0.15, 0.2) is 5.78 Å². The van der Waals surface area contributed by atoms with E-state index in [9.17, 15) is 14.4 Å². The van der Waals surface area contributed by atoms with Crippen molar-refractivity contribution >= 4 is 44.8 Å². The normalized spacial score (nSPS) is 10.7. The van der Waals surface area contributed by atoms with E-state index >= 15 is 0 Å². The maximum atomic E-state index is 12.3. The van der Waals surface area contributed by atoms with Gasteiger partial charge in [0.05, 0.1) is 23.2 Å². The lowest BCUT2D eigenvalue weighted by molar-refractivity contribution is -0.124. The van der Waals surface area contributed by atoms with Gasteiger partial charge < -0.3 is 10.6 Å². The first-order valence-corrected chi connectivity index (χ1v) is 11.4. The molecule has 0 unspecified atom stereocenters. The van der Waals surface area contributed by atoms with Gasteiger partial charge in [-0.2, -0.15) is 0 Å². The number of carbonyl (C=O) groups excluding carboxylic acids is 3. The highest BCUT2D eigenvalue weighted by atomic mass is 32.1. The molecule has 1 heterocycles. The molecule has 2 N–H and O–H groups in total. The van der Waals surface area contributed by atoms with E-state index in [1.807, 2.05) is 30.3 Å². The van der Waals surface area contributed by atoms with Crippen molar-refractivity contribution < 1.29 is 14.4 Å². The van der Waals surface area contributed by atoms with E-state index in [0.717, 1.165) is 26.9 Å². The molecule has 4 rings (SSSR count). The molecule has 166 valence electrons. The third-order valence-corrected chi connectivity index (χ3v) is 6.03. The van der Waals surface area contributed by atoms with Crippen LogP contribution in [0.2, 0.25) is 0 Å². The second-order valence-corrected chi connectivity index (χ2v) is 8.82. The number of rotatable bonds is 8. The molecule has 7 heteroatoms. The van der Waals surface area contributed by atoms with Gasteiger partial charge in [0.2, 0.25) is 11.8 Å². The fraction of sp³-hybridized carbons (Fsp3) is 0.154. The van der Waals surface area contributed by atoms with Crippen LogP contribution in [-0.2, 0) is 27.2 Å². The fourth-order valence-corrected chi connectivity index (χ4v) is 4.46. The summed E-state index contributed by atoms with van der Waals surface area (Å²) in [5.41, 5.74) is 4.61. The topological polar surface area (TPSA) is 88.2 Å². The molecule has 0 aliphatic rings. The molecule has 0 aliphatic heterocycles. The number of nitrogens with zero attached hydrogens (tertiary/aromatic N) is 1. The molecule has 3 aromatic carbocycles. The standard InChI is InChI=1S/C26H23N3O3S/c1-17(30)28-21-10-7-18(8-11-21)13-22(31)16-27-25(32)15-26-29-23-12-9-20(14-24(23)33-26)19-5-3-2-4-6-19/h2-12,14H,13,15-16H2,1H3,(H,27,32)(H,28,30). The second kappa shape index (κ2) is 10.2. The molecule has 33 heavy (non-hydrogen) atoms. The van der Waals surface area contributed by atoms with Crippen molar-refractivity contribution in [3.8, 4) is 11.1 Å². The summed E-state index contributed by atoms with van der Waals surface area (Å²) in [4.78, 5) is 40.2. The molecular formula is C26H23N3O3S. The minimum absolute atomic E-state index is 0.0324. The minimum atomic E-state index is -0.230. The smallest absolute Gasteiger partial charge is 0.227 e. The van der Waals surface area contributed by atoms with Crippen molar-refractivity contribution in [3.05, 3.63) is 83.4 Å². The van der Waals surface area contributed by atoms with Crippen molar-refractivity contribution in [1.29, 1.82) is 0 Å². The number of amides is 2. The maximum Gasteiger partial charge on any atom is 0.227 e. The van der Waals surface area contributed by atoms with Gasteiger partial charge in [0.1, 0.15) is 5.01 Å². The number of nitrogens with one attached hydrogen (secondary N) is 2. The van der Waals surface area contributed by atoms with Crippen molar-refractivity contribution in [2.75, 3.05) is 11.9 Å². The lowest BCUT2D eigenvalue weighted by Gasteiger charge is -2.06. The summed E-state index contributed by atoms with van der Waals surface area (Å²) in [6, 6.07) is 23.3. The molecule has 0 atom stereocenters. The summed E-state index contributed by atoms with van der Waals surface area (Å²) in [6.07, 6.45) is 0.350. The van der Waals surface area contributed by atoms with E-state index in [1.54, 1.807) is 24.3 Å². The maximum absolute atomic E-state index is 12.3. The molecule has 1 aromatic heterocycles. The average molecular weight is 458 g/mol. The highest BCUT2D eigenvalue weighted by Gasteiger charge is 2.12. The first-order valence-electron chi connectivity index (χ1n) is 10.6. The SMILES string of the molecule is CC(=O)Nc1ccc(CC(=O)CNC(=O)Cc2nc3ccc(-c4ccccc4)cc3s2)cc1. The Labute approximate surface area is 195 Å². The number of Topliss-reactive ketones (excluding diaryl/α,β-unsaturated/α-hetero) is 1. The zero-order valence-corrected chi connectivity index (χ0v) is 18.9. The summed E-state index contributed by atoms with van der Waals surface area (Å²) < 4.78 is 1.03. The monoisotopic (exact) mass is 457 g/mol. The molecule has 0 aliphatic carbocycles. The fourth-order valence-electron chi connectivity index (χ4n) is 3.45. The predicted octanol–water partition coefficient (Wildman–Crippen LogP) is 4.39. The number of thiazole rings is 1. The number of carbonyl (C=O) groups is 3. The van der Waals surface area contributed by atoms with Crippen LogP contribution in [0.5, 0.6) is 0 Å². The number of benzene rings is 3. The zero-order chi connectivity index (χ0) is 23.2. The Morgan fingerprint density at radius 3 is 2.36 bits per heavy atom. The largest absolute Gasteiger partial charge is 0.349 e. The third-order valence-electron chi connectivity index (χ3n) is 5.01. The van der Waals surface area contributed by atoms with E-state index in [0.29, 0.717) is 10.7 Å². The van der Waals surface area contributed by atoms with Gasteiger partial charge in [-0.05, 0) is 41.0 Å². The Kier molecular flexibility index (Phi) is 6.90. The van der Waals surface area contributed by atoms with Crippen LogP contribution in [0.15, 0.2) is 72.8 Å². The molecule has 0 fully saturated rings. The van der Waals surface area contributed by atoms with Crippen LogP contribution in [0.3, 0.4) is 0 Å². The molecule has 6 nitrogen and oxygen atoms in total. The van der Waals surface area contributed by atoms with Crippen LogP contribution in [0.1, 0.15) is 17.5 Å². The number of fused-ring (bicyclic) bond motifs is 1. The number of anilines is 1. The summed E-state index contributed by atoms with van der Waals surface area (Å²) in [5, 5.41) is 6.09. The molecule has 4 aromatic rings. The van der Waals surface area contributed by atoms with E-state index in [1.165, 1.54) is 18.3 Å². The van der Waals surface area contributed by atoms with Crippen LogP contribution in [-0.4, -0.2) is 29.1 Å². The Hall–Kier alpha value is -3.84. The van der Waals surface area contributed by atoms with Crippen LogP contribution in [0, 0.1) is 0 Å². The second-order valence-electron chi connectivity index (χ2n) is 7.70. The molecule has 0 spiro atoms. The number of hydrogen-bond acceptors (Lipinski definition) is 5. The van der Waals surface area contributed by atoms with Gasteiger partial charge in [-0.3, -0.25) is 14.4 Å². The highest BCUT2D eigenvalue weighted by Crippen LogP contribution is 2.28. The third kappa shape index (κ3) is 6.11. The minimum Gasteiger partial charge on any atom is -0.349 e. The number of hydrogen-bond donors (Lipinski definition) is 2. The van der Waals surface area contributed by atoms with Crippen LogP contribution in [0.25, 0.3) is 21.3 Å². The van der Waals surface area contributed by atoms with Gasteiger partial charge in [-0.25, -0.2) is 4.98 Å². The first kappa shape index (κ1) is 22.4. The highest BCUT2D eigenvalue weighted by molar-refractivity contribution is 7.18. The van der Waals surface area contributed by atoms with Gasteiger partial charge in [-0.1, -0.05) is 48.5 Å². The molecule has 0 bridgehead atoms. The van der Waals surface area contributed by atoms with Gasteiger partial charge >= 0.3 is 0 Å². The molecule has 0 radical (unpaired) electrons. The Morgan fingerprint density at radius 1 is 0.879 bits per heavy atom. The van der Waals surface area contributed by atoms with Crippen LogP contribution < -0.4 is 10.6 Å². The quantitative estimate of drug-likeness (QED) is 0.411. The van der Waals surface area contributed by atoms with Crippen LogP contribution in [0.4, 0.5) is 5.69 Å². The van der Waals surface area contributed by atoms with E-state index < -0.39 is 0 Å². The molecule has 0 saturated carbocycles. The van der Waals surface area contributed by atoms with Crippen molar-refractivity contribution in [2.24, 2.45) is 0 Å². The first-order chi connectivity index (χ1) is 16.0. The summed E-state index contributed by atoms with van der Waals surface area (Å²) >= 11 is 1.49. The summed E-state index contributed by atoms with van der Waals surface area (Å²) in [7, 11) is 0. The van der Waals surface area contributed by atoms with Gasteiger partial charge in [0.25, 0.3) is 0 Å². The molecule has 0 saturated heterocycles. The summed E-state index contributed by atoms with van der Waals surface area (Å²) in [6.45, 7) is 1.41. The zero-order valence-electron chi connectivity index (χ0n) is 18.1. The lowest BCUT2D eigenvalue weighted by Crippen LogP contribution is -2.31. The van der Waals surface area contributed by atoms with Crippen molar-refractivity contribution in [3.63, 3.8) is 0 Å². The van der Waals surface area contributed by atoms with Gasteiger partial charge in [0, 0.05) is 19.0 Å². The van der Waals surface area contributed by atoms with E-state index in [2.05, 4.69) is 33.8 Å². The Bertz CT molecular complexity index is 1300. The average Bonchev–Trinajstić information content (AvgIpc) is 3.20. The molecule has 2 amide bonds. The van der Waals surface area contributed by atoms with Gasteiger partial charge in [-0.15, -0.1) is 11.3 Å². The summed E-state index contributed by atoms with van der Waals surface area (Å²) in [5.74, 6) is -0.467. The predicted molar refractivity (Wildman–Crippen MR) is 131 cm³/mol. The van der Waals surface area contributed by atoms with E-state index in [-0.39, 0.29) is 37.0 Å². The van der Waals surface area contributed by atoms with E-state index in [4.69, 9.17) is 0 Å². The Balaban J connectivity index is 1.30.